The molecule has 1 atom stereocenters. The molecule has 0 saturated carbocycles. The minimum absolute atomic E-state index is 0.0255. The molecular weight excluding hydrogens is 314 g/mol. The predicted molar refractivity (Wildman–Crippen MR) is 98.8 cm³/mol. The van der Waals surface area contributed by atoms with Crippen molar-refractivity contribution in [3.05, 3.63) is 47.8 Å². The highest BCUT2D eigenvalue weighted by Crippen LogP contribution is 2.28. The maximum atomic E-state index is 5.85. The number of benzene rings is 1. The van der Waals surface area contributed by atoms with Gasteiger partial charge in [0.25, 0.3) is 0 Å². The summed E-state index contributed by atoms with van der Waals surface area (Å²) < 4.78 is 13.3. The Morgan fingerprint density at radius 2 is 2.24 bits per heavy atom. The van der Waals surface area contributed by atoms with Gasteiger partial charge >= 0.3 is 0 Å². The van der Waals surface area contributed by atoms with Gasteiger partial charge in [-0.2, -0.15) is 5.10 Å². The number of hydrogen-bond donors (Lipinski definition) is 0. The predicted octanol–water partition coefficient (Wildman–Crippen LogP) is 3.33. The van der Waals surface area contributed by atoms with Gasteiger partial charge in [-0.05, 0) is 57.5 Å². The van der Waals surface area contributed by atoms with Gasteiger partial charge in [0, 0.05) is 37.2 Å². The summed E-state index contributed by atoms with van der Waals surface area (Å²) >= 11 is 0. The van der Waals surface area contributed by atoms with Crippen molar-refractivity contribution >= 4 is 0 Å². The Balaban J connectivity index is 1.71. The van der Waals surface area contributed by atoms with E-state index >= 15 is 0 Å². The fourth-order valence-electron chi connectivity index (χ4n) is 3.62. The molecule has 1 aromatic carbocycles. The summed E-state index contributed by atoms with van der Waals surface area (Å²) in [6.07, 6.45) is 5.94. The van der Waals surface area contributed by atoms with Crippen molar-refractivity contribution in [3.8, 4) is 5.75 Å². The molecule has 25 heavy (non-hydrogen) atoms. The molecule has 1 aliphatic rings. The first-order chi connectivity index (χ1) is 12.0. The molecule has 3 rings (SSSR count). The van der Waals surface area contributed by atoms with Gasteiger partial charge in [-0.3, -0.25) is 9.58 Å². The third-order valence-corrected chi connectivity index (χ3v) is 4.96. The van der Waals surface area contributed by atoms with Gasteiger partial charge in [0.15, 0.2) is 0 Å². The molecule has 136 valence electrons. The molecule has 5 nitrogen and oxygen atoms in total. The van der Waals surface area contributed by atoms with Crippen molar-refractivity contribution < 1.29 is 9.47 Å². The van der Waals surface area contributed by atoms with E-state index in [1.54, 1.807) is 13.3 Å². The van der Waals surface area contributed by atoms with E-state index in [9.17, 15) is 0 Å². The van der Waals surface area contributed by atoms with Crippen LogP contribution in [0.4, 0.5) is 0 Å². The number of methoxy groups -OCH3 is 1. The van der Waals surface area contributed by atoms with Crippen molar-refractivity contribution in [2.45, 2.75) is 51.4 Å². The van der Waals surface area contributed by atoms with E-state index in [0.29, 0.717) is 6.04 Å². The van der Waals surface area contributed by atoms with Gasteiger partial charge in [-0.1, -0.05) is 6.07 Å². The lowest BCUT2D eigenvalue weighted by Crippen LogP contribution is -2.44. The van der Waals surface area contributed by atoms with E-state index in [1.165, 1.54) is 5.56 Å². The largest absolute Gasteiger partial charge is 0.496 e. The molecule has 0 amide bonds. The van der Waals surface area contributed by atoms with Crippen molar-refractivity contribution in [1.29, 1.82) is 0 Å². The molecule has 1 saturated heterocycles. The molecule has 1 fully saturated rings. The highest BCUT2D eigenvalue weighted by atomic mass is 16.5. The quantitative estimate of drug-likeness (QED) is 0.806. The Bertz CT molecular complexity index is 682. The maximum Gasteiger partial charge on any atom is 0.123 e. The van der Waals surface area contributed by atoms with Gasteiger partial charge in [0.1, 0.15) is 5.75 Å². The van der Waals surface area contributed by atoms with Crippen LogP contribution in [0.25, 0.3) is 0 Å². The zero-order valence-electron chi connectivity index (χ0n) is 15.7. The van der Waals surface area contributed by atoms with Crippen molar-refractivity contribution in [2.75, 3.05) is 20.8 Å². The summed E-state index contributed by atoms with van der Waals surface area (Å²) in [5, 5.41) is 4.30. The Kier molecular flexibility index (Phi) is 5.45. The molecule has 0 unspecified atom stereocenters. The van der Waals surface area contributed by atoms with Crippen molar-refractivity contribution in [1.82, 2.24) is 14.7 Å². The van der Waals surface area contributed by atoms with Gasteiger partial charge in [-0.25, -0.2) is 0 Å². The molecule has 2 heterocycles. The number of rotatable bonds is 6. The molecule has 2 aromatic rings. The summed E-state index contributed by atoms with van der Waals surface area (Å²) in [5.74, 6) is 0.911. The number of ether oxygens (including phenoxy) is 2. The van der Waals surface area contributed by atoms with E-state index in [2.05, 4.69) is 49.1 Å². The first-order valence-electron chi connectivity index (χ1n) is 8.94. The summed E-state index contributed by atoms with van der Waals surface area (Å²) in [5.41, 5.74) is 2.43. The van der Waals surface area contributed by atoms with Crippen LogP contribution in [0.15, 0.2) is 36.7 Å². The van der Waals surface area contributed by atoms with Gasteiger partial charge in [0.2, 0.25) is 0 Å². The van der Waals surface area contributed by atoms with Crippen LogP contribution >= 0.6 is 0 Å². The molecule has 5 heteroatoms. The van der Waals surface area contributed by atoms with E-state index in [1.807, 2.05) is 16.9 Å². The minimum Gasteiger partial charge on any atom is -0.496 e. The zero-order chi connectivity index (χ0) is 17.9. The fourth-order valence-corrected chi connectivity index (χ4v) is 3.62. The molecule has 0 N–H and O–H groups in total. The Labute approximate surface area is 150 Å². The average Bonchev–Trinajstić information content (AvgIpc) is 3.07. The second-order valence-electron chi connectivity index (χ2n) is 7.52. The lowest BCUT2D eigenvalue weighted by atomic mass is 9.93. The number of aromatic nitrogens is 2. The second kappa shape index (κ2) is 7.58. The summed E-state index contributed by atoms with van der Waals surface area (Å²) in [6, 6.07) is 8.96. The molecular formula is C20H29N3O2. The van der Waals surface area contributed by atoms with Crippen LogP contribution in [0.5, 0.6) is 5.75 Å². The van der Waals surface area contributed by atoms with Gasteiger partial charge < -0.3 is 9.47 Å². The van der Waals surface area contributed by atoms with Gasteiger partial charge in [-0.15, -0.1) is 0 Å². The average molecular weight is 343 g/mol. The van der Waals surface area contributed by atoms with Crippen molar-refractivity contribution in [2.24, 2.45) is 0 Å². The molecule has 1 aromatic heterocycles. The normalized spacial score (nSPS) is 20.0. The van der Waals surface area contributed by atoms with Crippen LogP contribution in [0.1, 0.15) is 37.8 Å². The summed E-state index contributed by atoms with van der Waals surface area (Å²) in [7, 11) is 3.93. The summed E-state index contributed by atoms with van der Waals surface area (Å²) in [6.45, 7) is 6.86. The summed E-state index contributed by atoms with van der Waals surface area (Å²) in [4.78, 5) is 2.45. The lowest BCUT2D eigenvalue weighted by Gasteiger charge is -2.40. The van der Waals surface area contributed by atoms with Crippen LogP contribution < -0.4 is 4.74 Å². The molecule has 0 spiro atoms. The first-order valence-corrected chi connectivity index (χ1v) is 8.94. The second-order valence-corrected chi connectivity index (χ2v) is 7.52. The molecule has 0 radical (unpaired) electrons. The van der Waals surface area contributed by atoms with E-state index in [0.717, 1.165) is 43.9 Å². The van der Waals surface area contributed by atoms with Crippen LogP contribution in [0, 0.1) is 0 Å². The zero-order valence-corrected chi connectivity index (χ0v) is 15.7. The minimum atomic E-state index is -0.0255. The van der Waals surface area contributed by atoms with Crippen molar-refractivity contribution in [3.63, 3.8) is 0 Å². The highest BCUT2D eigenvalue weighted by Gasteiger charge is 2.30. The Hall–Kier alpha value is -1.85. The Morgan fingerprint density at radius 1 is 1.40 bits per heavy atom. The third kappa shape index (κ3) is 4.61. The maximum absolute atomic E-state index is 5.85. The number of hydrogen-bond acceptors (Lipinski definition) is 4. The standard InChI is InChI=1S/C20H29N3O2/c1-20(2)13-18(8-11-25-20)22(3)14-16-6-7-19(24-4)17(12-16)15-23-10-5-9-21-23/h5-7,9-10,12,18H,8,11,13-15H2,1-4H3/t18-/m1/s1. The van der Waals surface area contributed by atoms with Gasteiger partial charge in [0.05, 0.1) is 19.3 Å². The monoisotopic (exact) mass is 343 g/mol. The first kappa shape index (κ1) is 18.0. The van der Waals surface area contributed by atoms with Crippen LogP contribution in [-0.2, 0) is 17.8 Å². The van der Waals surface area contributed by atoms with Crippen LogP contribution in [0.3, 0.4) is 0 Å². The topological polar surface area (TPSA) is 39.5 Å². The molecule has 0 bridgehead atoms. The molecule has 0 aliphatic carbocycles. The third-order valence-electron chi connectivity index (χ3n) is 4.96. The van der Waals surface area contributed by atoms with E-state index < -0.39 is 0 Å². The SMILES string of the molecule is COc1ccc(CN(C)[C@@H]2CCOC(C)(C)C2)cc1Cn1cccn1. The fraction of sp³-hybridized carbons (Fsp3) is 0.550. The van der Waals surface area contributed by atoms with E-state index in [4.69, 9.17) is 9.47 Å². The van der Waals surface area contributed by atoms with E-state index in [-0.39, 0.29) is 5.60 Å². The lowest BCUT2D eigenvalue weighted by molar-refractivity contribution is -0.0809. The highest BCUT2D eigenvalue weighted by molar-refractivity contribution is 5.37. The number of nitrogens with zero attached hydrogens (tertiary/aromatic N) is 3. The molecule has 1 aliphatic heterocycles. The Morgan fingerprint density at radius 3 is 2.92 bits per heavy atom. The smallest absolute Gasteiger partial charge is 0.123 e. The van der Waals surface area contributed by atoms with Crippen LogP contribution in [0.2, 0.25) is 0 Å². The van der Waals surface area contributed by atoms with Crippen LogP contribution in [-0.4, -0.2) is 47.1 Å².